The maximum atomic E-state index is 13.0. The van der Waals surface area contributed by atoms with Gasteiger partial charge in [-0.2, -0.15) is 5.26 Å². The molecular formula is C16H13N3OS3. The van der Waals surface area contributed by atoms with Crippen molar-refractivity contribution in [1.29, 1.82) is 5.26 Å². The van der Waals surface area contributed by atoms with Gasteiger partial charge in [-0.15, -0.1) is 29.3 Å². The summed E-state index contributed by atoms with van der Waals surface area (Å²) in [5.74, 6) is 0. The van der Waals surface area contributed by atoms with Crippen LogP contribution in [0.25, 0.3) is 20.7 Å². The van der Waals surface area contributed by atoms with E-state index in [1.54, 1.807) is 28.9 Å². The third-order valence-electron chi connectivity index (χ3n) is 3.22. The van der Waals surface area contributed by atoms with E-state index in [1.807, 2.05) is 22.9 Å². The van der Waals surface area contributed by atoms with Gasteiger partial charge in [0.05, 0.1) is 16.7 Å². The summed E-state index contributed by atoms with van der Waals surface area (Å²) in [7, 11) is 0. The molecule has 0 N–H and O–H groups in total. The minimum Gasteiger partial charge on any atom is -0.283 e. The third kappa shape index (κ3) is 2.98. The predicted molar refractivity (Wildman–Crippen MR) is 98.3 cm³/mol. The molecule has 3 aromatic heterocycles. The molecule has 3 rings (SSSR count). The van der Waals surface area contributed by atoms with Gasteiger partial charge in [0.25, 0.3) is 5.56 Å². The fraction of sp³-hybridized carbons (Fsp3) is 0.188. The summed E-state index contributed by atoms with van der Waals surface area (Å²) >= 11 is 4.36. The van der Waals surface area contributed by atoms with Crippen LogP contribution in [-0.4, -0.2) is 14.8 Å². The number of nitrogens with zero attached hydrogens (tertiary/aromatic N) is 3. The third-order valence-corrected chi connectivity index (χ3v) is 5.98. The first kappa shape index (κ1) is 16.0. The van der Waals surface area contributed by atoms with Gasteiger partial charge in [-0.25, -0.2) is 4.98 Å². The highest BCUT2D eigenvalue weighted by Crippen LogP contribution is 2.34. The van der Waals surface area contributed by atoms with Crippen molar-refractivity contribution >= 4 is 44.7 Å². The van der Waals surface area contributed by atoms with E-state index in [1.165, 1.54) is 23.1 Å². The maximum Gasteiger partial charge on any atom is 0.263 e. The number of thioether (sulfide) groups is 1. The Bertz CT molecular complexity index is 948. The second kappa shape index (κ2) is 6.71. The fourth-order valence-corrected chi connectivity index (χ4v) is 4.79. The molecule has 0 radical (unpaired) electrons. The second-order valence-electron chi connectivity index (χ2n) is 4.79. The molecule has 0 aromatic carbocycles. The molecule has 0 spiro atoms. The van der Waals surface area contributed by atoms with Gasteiger partial charge in [0, 0.05) is 22.4 Å². The van der Waals surface area contributed by atoms with Crippen LogP contribution >= 0.6 is 34.4 Å². The Morgan fingerprint density at radius 1 is 1.57 bits per heavy atom. The van der Waals surface area contributed by atoms with E-state index in [9.17, 15) is 4.79 Å². The van der Waals surface area contributed by atoms with Crippen molar-refractivity contribution < 1.29 is 0 Å². The van der Waals surface area contributed by atoms with E-state index in [2.05, 4.69) is 17.6 Å². The van der Waals surface area contributed by atoms with Gasteiger partial charge in [-0.3, -0.25) is 9.36 Å². The number of fused-ring (bicyclic) bond motifs is 1. The number of hydrogen-bond donors (Lipinski definition) is 0. The smallest absolute Gasteiger partial charge is 0.263 e. The molecule has 116 valence electrons. The summed E-state index contributed by atoms with van der Waals surface area (Å²) < 4.78 is 1.59. The number of rotatable bonds is 5. The van der Waals surface area contributed by atoms with Crippen molar-refractivity contribution in [3.8, 4) is 16.5 Å². The summed E-state index contributed by atoms with van der Waals surface area (Å²) in [6.45, 7) is 5.89. The van der Waals surface area contributed by atoms with Crippen molar-refractivity contribution in [1.82, 2.24) is 9.55 Å². The summed E-state index contributed by atoms with van der Waals surface area (Å²) in [6.07, 6.45) is 1.67. The van der Waals surface area contributed by atoms with Crippen molar-refractivity contribution in [2.24, 2.45) is 0 Å². The first-order chi connectivity index (χ1) is 11.2. The zero-order valence-corrected chi connectivity index (χ0v) is 14.8. The molecular weight excluding hydrogens is 346 g/mol. The molecule has 0 amide bonds. The summed E-state index contributed by atoms with van der Waals surface area (Å²) in [4.78, 5) is 19.4. The molecule has 0 unspecified atom stereocenters. The van der Waals surface area contributed by atoms with Gasteiger partial charge in [-0.05, 0) is 18.4 Å². The molecule has 3 heterocycles. The Morgan fingerprint density at radius 2 is 2.39 bits per heavy atom. The first-order valence-electron chi connectivity index (χ1n) is 6.88. The highest BCUT2D eigenvalue weighted by atomic mass is 32.2. The van der Waals surface area contributed by atoms with Crippen LogP contribution in [0.15, 0.2) is 45.5 Å². The second-order valence-corrected chi connectivity index (χ2v) is 7.91. The largest absolute Gasteiger partial charge is 0.283 e. The number of allylic oxidation sites excluding steroid dienone is 1. The lowest BCUT2D eigenvalue weighted by atomic mass is 10.2. The van der Waals surface area contributed by atoms with E-state index >= 15 is 0 Å². The van der Waals surface area contributed by atoms with Crippen LogP contribution in [0.2, 0.25) is 0 Å². The molecule has 0 fully saturated rings. The lowest BCUT2D eigenvalue weighted by Gasteiger charge is -2.11. The van der Waals surface area contributed by atoms with Crippen molar-refractivity contribution in [3.05, 3.63) is 45.9 Å². The number of nitriles is 1. The van der Waals surface area contributed by atoms with E-state index in [-0.39, 0.29) is 10.8 Å². The molecule has 0 aliphatic carbocycles. The van der Waals surface area contributed by atoms with Gasteiger partial charge in [-0.1, -0.05) is 23.9 Å². The molecule has 3 aromatic rings. The molecule has 7 heteroatoms. The quantitative estimate of drug-likeness (QED) is 0.385. The zero-order chi connectivity index (χ0) is 16.4. The van der Waals surface area contributed by atoms with Crippen molar-refractivity contribution in [2.75, 3.05) is 0 Å². The van der Waals surface area contributed by atoms with Crippen LogP contribution < -0.4 is 5.56 Å². The van der Waals surface area contributed by atoms with E-state index in [4.69, 9.17) is 5.26 Å². The Labute approximate surface area is 145 Å². The van der Waals surface area contributed by atoms with Crippen molar-refractivity contribution in [3.63, 3.8) is 0 Å². The summed E-state index contributed by atoms with van der Waals surface area (Å²) in [6, 6.07) is 6.14. The lowest BCUT2D eigenvalue weighted by Crippen LogP contribution is -2.23. The molecule has 4 nitrogen and oxygen atoms in total. The molecule has 0 saturated heterocycles. The minimum absolute atomic E-state index is 0.0767. The molecule has 0 aliphatic heterocycles. The topological polar surface area (TPSA) is 58.7 Å². The Balaban J connectivity index is 2.25. The Kier molecular flexibility index (Phi) is 4.66. The van der Waals surface area contributed by atoms with Crippen molar-refractivity contribution in [2.45, 2.75) is 23.9 Å². The van der Waals surface area contributed by atoms with Crippen LogP contribution in [-0.2, 0) is 6.54 Å². The summed E-state index contributed by atoms with van der Waals surface area (Å²) in [5, 5.41) is 13.9. The van der Waals surface area contributed by atoms with Gasteiger partial charge < -0.3 is 0 Å². The van der Waals surface area contributed by atoms with Gasteiger partial charge in [0.15, 0.2) is 5.16 Å². The Morgan fingerprint density at radius 3 is 3.04 bits per heavy atom. The van der Waals surface area contributed by atoms with Gasteiger partial charge >= 0.3 is 0 Å². The highest BCUT2D eigenvalue weighted by molar-refractivity contribution is 8.00. The lowest BCUT2D eigenvalue weighted by molar-refractivity contribution is 0.672. The highest BCUT2D eigenvalue weighted by Gasteiger charge is 2.18. The SMILES string of the molecule is C=CCn1c(S[C@H](C)C#N)nc2scc(-c3cccs3)c2c1=O. The minimum atomic E-state index is -0.271. The van der Waals surface area contributed by atoms with Crippen LogP contribution in [0.1, 0.15) is 6.92 Å². The molecule has 0 aliphatic rings. The fourth-order valence-electron chi connectivity index (χ4n) is 2.18. The molecule has 23 heavy (non-hydrogen) atoms. The van der Waals surface area contributed by atoms with Gasteiger partial charge in [0.1, 0.15) is 4.83 Å². The van der Waals surface area contributed by atoms with Crippen LogP contribution in [0.5, 0.6) is 0 Å². The van der Waals surface area contributed by atoms with E-state index < -0.39 is 0 Å². The van der Waals surface area contributed by atoms with Crippen LogP contribution in [0.4, 0.5) is 0 Å². The number of hydrogen-bond acceptors (Lipinski definition) is 6. The number of aromatic nitrogens is 2. The zero-order valence-electron chi connectivity index (χ0n) is 12.4. The average Bonchev–Trinajstić information content (AvgIpc) is 3.19. The van der Waals surface area contributed by atoms with Crippen LogP contribution in [0.3, 0.4) is 0 Å². The number of thiophene rings is 2. The van der Waals surface area contributed by atoms with Crippen LogP contribution in [0, 0.1) is 11.3 Å². The van der Waals surface area contributed by atoms with E-state index in [0.29, 0.717) is 21.9 Å². The van der Waals surface area contributed by atoms with Gasteiger partial charge in [0.2, 0.25) is 0 Å². The summed E-state index contributed by atoms with van der Waals surface area (Å²) in [5.41, 5.74) is 0.854. The normalized spacial score (nSPS) is 12.2. The predicted octanol–water partition coefficient (Wildman–Crippen LogP) is 4.38. The monoisotopic (exact) mass is 359 g/mol. The molecule has 1 atom stereocenters. The Hall–Kier alpha value is -1.88. The maximum absolute atomic E-state index is 13.0. The standard InChI is InChI=1S/C16H13N3OS3/c1-3-6-19-15(20)13-11(12-5-4-7-21-12)9-22-14(13)18-16(19)23-10(2)8-17/h3-5,7,9-10H,1,6H2,2H3/t10-/m1/s1. The first-order valence-corrected chi connectivity index (χ1v) is 9.52. The molecule has 0 bridgehead atoms. The van der Waals surface area contributed by atoms with E-state index in [0.717, 1.165) is 10.4 Å². The molecule has 0 saturated carbocycles. The average molecular weight is 360 g/mol.